The van der Waals surface area contributed by atoms with Crippen molar-refractivity contribution in [3.05, 3.63) is 0 Å². The number of likely N-dealkylation sites (N-methyl/N-ethyl adjacent to an activating group) is 1. The Morgan fingerprint density at radius 3 is 2.76 bits per heavy atom. The van der Waals surface area contributed by atoms with Crippen molar-refractivity contribution >= 4 is 10.0 Å². The molecule has 100 valence electrons. The maximum Gasteiger partial charge on any atom is 0.216 e. The Morgan fingerprint density at radius 1 is 1.29 bits per heavy atom. The Kier molecular flexibility index (Phi) is 4.41. The highest BCUT2D eigenvalue weighted by Crippen LogP contribution is 2.14. The molecule has 0 amide bonds. The van der Waals surface area contributed by atoms with Crippen LogP contribution in [0.1, 0.15) is 25.7 Å². The monoisotopic (exact) mass is 261 g/mol. The third-order valence-electron chi connectivity index (χ3n) is 3.65. The first-order valence-corrected chi connectivity index (χ1v) is 8.03. The highest BCUT2D eigenvalue weighted by Gasteiger charge is 2.30. The molecule has 2 rings (SSSR count). The summed E-state index contributed by atoms with van der Waals surface area (Å²) in [6.07, 6.45) is 3.78. The molecule has 17 heavy (non-hydrogen) atoms. The first kappa shape index (κ1) is 13.3. The van der Waals surface area contributed by atoms with Gasteiger partial charge in [-0.05, 0) is 45.8 Å². The lowest BCUT2D eigenvalue weighted by molar-refractivity contribution is 0.242. The molecule has 2 aliphatic heterocycles. The van der Waals surface area contributed by atoms with Gasteiger partial charge < -0.3 is 10.2 Å². The standard InChI is InChI=1S/C11H23N3O2S/c1-14-7-3-4-10(9-14)13-17(15,16)11-5-2-6-12-8-11/h10-13H,2-9H2,1H3. The normalized spacial score (nSPS) is 32.5. The third-order valence-corrected chi connectivity index (χ3v) is 5.59. The number of rotatable bonds is 3. The number of piperidine rings is 2. The first-order valence-electron chi connectivity index (χ1n) is 6.48. The Morgan fingerprint density at radius 2 is 2.12 bits per heavy atom. The minimum atomic E-state index is -3.15. The summed E-state index contributed by atoms with van der Waals surface area (Å²) in [7, 11) is -1.10. The number of likely N-dealkylation sites (tertiary alicyclic amines) is 1. The average Bonchev–Trinajstić information content (AvgIpc) is 2.29. The van der Waals surface area contributed by atoms with Crippen LogP contribution in [0.2, 0.25) is 0 Å². The van der Waals surface area contributed by atoms with Gasteiger partial charge in [-0.3, -0.25) is 0 Å². The van der Waals surface area contributed by atoms with Gasteiger partial charge in [0.05, 0.1) is 5.25 Å². The molecule has 0 radical (unpaired) electrons. The lowest BCUT2D eigenvalue weighted by Crippen LogP contribution is -2.51. The van der Waals surface area contributed by atoms with E-state index < -0.39 is 10.0 Å². The number of nitrogens with zero attached hydrogens (tertiary/aromatic N) is 1. The molecular weight excluding hydrogens is 238 g/mol. The largest absolute Gasteiger partial charge is 0.315 e. The highest BCUT2D eigenvalue weighted by atomic mass is 32.2. The molecule has 2 saturated heterocycles. The maximum absolute atomic E-state index is 12.2. The van der Waals surface area contributed by atoms with Crippen LogP contribution in [0.5, 0.6) is 0 Å². The van der Waals surface area contributed by atoms with Gasteiger partial charge in [0.2, 0.25) is 10.0 Å². The van der Waals surface area contributed by atoms with Crippen LogP contribution in [-0.2, 0) is 10.0 Å². The van der Waals surface area contributed by atoms with Gasteiger partial charge in [0.1, 0.15) is 0 Å². The highest BCUT2D eigenvalue weighted by molar-refractivity contribution is 7.90. The number of nitrogens with one attached hydrogen (secondary N) is 2. The van der Waals surface area contributed by atoms with Crippen LogP contribution in [-0.4, -0.2) is 57.8 Å². The van der Waals surface area contributed by atoms with E-state index in [0.29, 0.717) is 6.54 Å². The summed E-state index contributed by atoms with van der Waals surface area (Å²) in [5, 5.41) is 2.91. The van der Waals surface area contributed by atoms with E-state index in [9.17, 15) is 8.42 Å². The fourth-order valence-corrected chi connectivity index (χ4v) is 4.34. The van der Waals surface area contributed by atoms with Crippen molar-refractivity contribution in [3.8, 4) is 0 Å². The van der Waals surface area contributed by atoms with Crippen LogP contribution >= 0.6 is 0 Å². The zero-order valence-corrected chi connectivity index (χ0v) is 11.3. The predicted molar refractivity (Wildman–Crippen MR) is 68.5 cm³/mol. The molecule has 0 saturated carbocycles. The van der Waals surface area contributed by atoms with Crippen molar-refractivity contribution in [3.63, 3.8) is 0 Å². The molecule has 2 atom stereocenters. The summed E-state index contributed by atoms with van der Waals surface area (Å²) in [4.78, 5) is 2.19. The summed E-state index contributed by atoms with van der Waals surface area (Å²) >= 11 is 0. The Labute approximate surface area is 104 Å². The summed E-state index contributed by atoms with van der Waals surface area (Å²) in [5.41, 5.74) is 0. The van der Waals surface area contributed by atoms with Crippen molar-refractivity contribution in [2.24, 2.45) is 0 Å². The van der Waals surface area contributed by atoms with E-state index in [1.54, 1.807) is 0 Å². The zero-order valence-electron chi connectivity index (χ0n) is 10.5. The molecule has 5 nitrogen and oxygen atoms in total. The van der Waals surface area contributed by atoms with E-state index in [4.69, 9.17) is 0 Å². The lowest BCUT2D eigenvalue weighted by Gasteiger charge is -2.32. The molecule has 0 aromatic heterocycles. The number of hydrogen-bond donors (Lipinski definition) is 2. The molecule has 0 aromatic carbocycles. The van der Waals surface area contributed by atoms with Crippen molar-refractivity contribution in [1.82, 2.24) is 14.9 Å². The Hall–Kier alpha value is -0.170. The quantitative estimate of drug-likeness (QED) is 0.735. The van der Waals surface area contributed by atoms with E-state index in [0.717, 1.165) is 45.3 Å². The Balaban J connectivity index is 1.91. The topological polar surface area (TPSA) is 61.4 Å². The molecular formula is C11H23N3O2S. The van der Waals surface area contributed by atoms with Gasteiger partial charge in [-0.15, -0.1) is 0 Å². The Bertz CT molecular complexity index is 339. The molecule has 0 bridgehead atoms. The number of hydrogen-bond acceptors (Lipinski definition) is 4. The molecule has 0 spiro atoms. The van der Waals surface area contributed by atoms with Crippen LogP contribution in [0.25, 0.3) is 0 Å². The number of sulfonamides is 1. The fourth-order valence-electron chi connectivity index (χ4n) is 2.68. The van der Waals surface area contributed by atoms with E-state index >= 15 is 0 Å². The second-order valence-corrected chi connectivity index (χ2v) is 7.23. The second-order valence-electron chi connectivity index (χ2n) is 5.23. The molecule has 2 fully saturated rings. The zero-order chi connectivity index (χ0) is 12.3. The van der Waals surface area contributed by atoms with E-state index in [2.05, 4.69) is 14.9 Å². The third kappa shape index (κ3) is 3.64. The van der Waals surface area contributed by atoms with Gasteiger partial charge in [-0.25, -0.2) is 13.1 Å². The van der Waals surface area contributed by atoms with Gasteiger partial charge in [-0.1, -0.05) is 0 Å². The molecule has 6 heteroatoms. The molecule has 0 aromatic rings. The minimum absolute atomic E-state index is 0.0978. The first-order chi connectivity index (χ1) is 8.08. The van der Waals surface area contributed by atoms with E-state index in [-0.39, 0.29) is 11.3 Å². The second kappa shape index (κ2) is 5.65. The molecule has 2 heterocycles. The van der Waals surface area contributed by atoms with Crippen molar-refractivity contribution in [1.29, 1.82) is 0 Å². The summed E-state index contributed by atoms with van der Waals surface area (Å²) in [6, 6.07) is 0.0978. The van der Waals surface area contributed by atoms with Crippen LogP contribution in [0.4, 0.5) is 0 Å². The van der Waals surface area contributed by atoms with E-state index in [1.165, 1.54) is 0 Å². The van der Waals surface area contributed by atoms with Crippen molar-refractivity contribution in [2.75, 3.05) is 33.2 Å². The van der Waals surface area contributed by atoms with Gasteiger partial charge in [0.15, 0.2) is 0 Å². The molecule has 2 aliphatic rings. The van der Waals surface area contributed by atoms with Gasteiger partial charge in [0, 0.05) is 19.1 Å². The smallest absolute Gasteiger partial charge is 0.216 e. The lowest BCUT2D eigenvalue weighted by atomic mass is 10.1. The van der Waals surface area contributed by atoms with Crippen molar-refractivity contribution < 1.29 is 8.42 Å². The SMILES string of the molecule is CN1CCCC(NS(=O)(=O)C2CCCNC2)C1. The molecule has 0 aliphatic carbocycles. The predicted octanol–water partition coefficient (Wildman–Crippen LogP) is -0.248. The maximum atomic E-state index is 12.2. The van der Waals surface area contributed by atoms with E-state index in [1.807, 2.05) is 7.05 Å². The molecule has 2 unspecified atom stereocenters. The summed E-state index contributed by atoms with van der Waals surface area (Å²) in [6.45, 7) is 3.44. The van der Waals surface area contributed by atoms with Crippen LogP contribution < -0.4 is 10.0 Å². The average molecular weight is 261 g/mol. The molecule has 2 N–H and O–H groups in total. The van der Waals surface area contributed by atoms with Crippen LogP contribution in [0.3, 0.4) is 0 Å². The van der Waals surface area contributed by atoms with Crippen molar-refractivity contribution in [2.45, 2.75) is 37.0 Å². The van der Waals surface area contributed by atoms with Gasteiger partial charge in [-0.2, -0.15) is 0 Å². The fraction of sp³-hybridized carbons (Fsp3) is 1.00. The van der Waals surface area contributed by atoms with Crippen LogP contribution in [0.15, 0.2) is 0 Å². The van der Waals surface area contributed by atoms with Gasteiger partial charge >= 0.3 is 0 Å². The van der Waals surface area contributed by atoms with Crippen LogP contribution in [0, 0.1) is 0 Å². The minimum Gasteiger partial charge on any atom is -0.315 e. The summed E-state index contributed by atoms with van der Waals surface area (Å²) < 4.78 is 27.3. The van der Waals surface area contributed by atoms with Gasteiger partial charge in [0.25, 0.3) is 0 Å². The summed E-state index contributed by atoms with van der Waals surface area (Å²) in [5.74, 6) is 0.